The summed E-state index contributed by atoms with van der Waals surface area (Å²) in [6.45, 7) is 0.418. The summed E-state index contributed by atoms with van der Waals surface area (Å²) in [5.41, 5.74) is 0.710. The lowest BCUT2D eigenvalue weighted by Gasteiger charge is -2.11. The Morgan fingerprint density at radius 3 is 2.77 bits per heavy atom. The van der Waals surface area contributed by atoms with Crippen LogP contribution in [0.5, 0.6) is 5.75 Å². The normalized spacial score (nSPS) is 17.7. The quantitative estimate of drug-likeness (QED) is 0.574. The molecule has 2 aromatic heterocycles. The van der Waals surface area contributed by atoms with E-state index in [4.69, 9.17) is 9.15 Å². The van der Waals surface area contributed by atoms with Crippen LogP contribution in [0.25, 0.3) is 11.5 Å². The van der Waals surface area contributed by atoms with Crippen LogP contribution in [0.4, 0.5) is 4.39 Å². The van der Waals surface area contributed by atoms with Crippen molar-refractivity contribution in [3.05, 3.63) is 60.2 Å². The number of carbonyl (C=O) groups excluding carboxylic acids is 1. The Morgan fingerprint density at radius 1 is 1.30 bits per heavy atom. The summed E-state index contributed by atoms with van der Waals surface area (Å²) in [6, 6.07) is 10.3. The molecule has 1 N–H and O–H groups in total. The third-order valence-electron chi connectivity index (χ3n) is 4.77. The first-order valence-electron chi connectivity index (χ1n) is 9.42. The third-order valence-corrected chi connectivity index (χ3v) is 6.52. The van der Waals surface area contributed by atoms with Crippen molar-refractivity contribution in [1.29, 1.82) is 0 Å². The van der Waals surface area contributed by atoms with Crippen LogP contribution in [0.2, 0.25) is 0 Å². The predicted octanol–water partition coefficient (Wildman–Crippen LogP) is 2.45. The second-order valence-corrected chi connectivity index (χ2v) is 9.18. The van der Waals surface area contributed by atoms with E-state index in [0.29, 0.717) is 23.6 Å². The number of hydrogen-bond donors (Lipinski definition) is 1. The smallest absolute Gasteiger partial charge is 0.271 e. The van der Waals surface area contributed by atoms with Crippen LogP contribution in [-0.2, 0) is 9.84 Å². The van der Waals surface area contributed by atoms with Crippen molar-refractivity contribution in [2.45, 2.75) is 12.5 Å². The number of amides is 1. The van der Waals surface area contributed by atoms with Crippen LogP contribution in [0.3, 0.4) is 0 Å². The fraction of sp³-hybridized carbons (Fsp3) is 0.300. The Bertz CT molecular complexity index is 1120. The summed E-state index contributed by atoms with van der Waals surface area (Å²) in [4.78, 5) is 12.5. The van der Waals surface area contributed by atoms with Crippen molar-refractivity contribution >= 4 is 15.7 Å². The summed E-state index contributed by atoms with van der Waals surface area (Å²) in [7, 11) is -3.12. The van der Waals surface area contributed by atoms with Gasteiger partial charge < -0.3 is 14.5 Å². The number of nitrogens with one attached hydrogen (secondary N) is 1. The SMILES string of the molecule is O=C(NCCOc1ccc(F)cc1)c1cc(-c2ccco2)n(C2CCS(=O)(=O)C2)n1. The monoisotopic (exact) mass is 433 g/mol. The molecule has 0 radical (unpaired) electrons. The molecule has 1 aromatic carbocycles. The van der Waals surface area contributed by atoms with Gasteiger partial charge in [0.25, 0.3) is 5.91 Å². The summed E-state index contributed by atoms with van der Waals surface area (Å²) < 4.78 is 49.1. The van der Waals surface area contributed by atoms with E-state index in [9.17, 15) is 17.6 Å². The zero-order valence-corrected chi connectivity index (χ0v) is 16.8. The van der Waals surface area contributed by atoms with Gasteiger partial charge in [-0.1, -0.05) is 0 Å². The largest absolute Gasteiger partial charge is 0.492 e. The van der Waals surface area contributed by atoms with Crippen LogP contribution in [0.1, 0.15) is 23.0 Å². The van der Waals surface area contributed by atoms with Crippen LogP contribution in [0.15, 0.2) is 53.1 Å². The van der Waals surface area contributed by atoms with E-state index in [1.165, 1.54) is 30.5 Å². The van der Waals surface area contributed by atoms with Crippen molar-refractivity contribution in [2.75, 3.05) is 24.7 Å². The Kier molecular flexibility index (Phi) is 5.58. The number of ether oxygens (including phenoxy) is 1. The Morgan fingerprint density at radius 2 is 2.10 bits per heavy atom. The summed E-state index contributed by atoms with van der Waals surface area (Å²) in [5.74, 6) is 0.313. The molecule has 0 spiro atoms. The van der Waals surface area contributed by atoms with Crippen LogP contribution < -0.4 is 10.1 Å². The highest BCUT2D eigenvalue weighted by molar-refractivity contribution is 7.91. The lowest BCUT2D eigenvalue weighted by Crippen LogP contribution is -2.28. The van der Waals surface area contributed by atoms with Gasteiger partial charge >= 0.3 is 0 Å². The highest BCUT2D eigenvalue weighted by Crippen LogP contribution is 2.30. The number of rotatable bonds is 7. The van der Waals surface area contributed by atoms with E-state index < -0.39 is 15.7 Å². The minimum Gasteiger partial charge on any atom is -0.492 e. The molecule has 1 atom stereocenters. The van der Waals surface area contributed by atoms with E-state index in [1.807, 2.05) is 0 Å². The molecule has 4 rings (SSSR count). The molecular weight excluding hydrogens is 413 g/mol. The minimum absolute atomic E-state index is 0.0189. The van der Waals surface area contributed by atoms with Gasteiger partial charge in [0.1, 0.15) is 23.9 Å². The molecule has 1 saturated heterocycles. The van der Waals surface area contributed by atoms with Gasteiger partial charge in [0.15, 0.2) is 21.3 Å². The van der Waals surface area contributed by atoms with Crippen LogP contribution in [-0.4, -0.2) is 48.8 Å². The highest BCUT2D eigenvalue weighted by Gasteiger charge is 2.32. The first-order chi connectivity index (χ1) is 14.4. The van der Waals surface area contributed by atoms with Gasteiger partial charge in [0.2, 0.25) is 0 Å². The number of furan rings is 1. The number of nitrogens with zero attached hydrogens (tertiary/aromatic N) is 2. The molecule has 1 aliphatic heterocycles. The average molecular weight is 433 g/mol. The standard InChI is InChI=1S/C20H20FN3O5S/c21-14-3-5-16(6-4-14)28-10-8-22-20(25)17-12-18(19-2-1-9-29-19)24(23-17)15-7-11-30(26,27)13-15/h1-6,9,12,15H,7-8,10-11,13H2,(H,22,25). The molecule has 1 fully saturated rings. The maximum absolute atomic E-state index is 12.9. The molecule has 0 aliphatic carbocycles. The Hall–Kier alpha value is -3.14. The van der Waals surface area contributed by atoms with Crippen molar-refractivity contribution in [3.8, 4) is 17.2 Å². The number of aromatic nitrogens is 2. The molecule has 1 amide bonds. The van der Waals surface area contributed by atoms with Gasteiger partial charge in [-0.05, 0) is 42.8 Å². The maximum atomic E-state index is 12.9. The van der Waals surface area contributed by atoms with Gasteiger partial charge in [-0.25, -0.2) is 12.8 Å². The van der Waals surface area contributed by atoms with Crippen molar-refractivity contribution < 1.29 is 26.8 Å². The lowest BCUT2D eigenvalue weighted by atomic mass is 10.2. The summed E-state index contributed by atoms with van der Waals surface area (Å²) in [5, 5.41) is 7.07. The second-order valence-electron chi connectivity index (χ2n) is 6.95. The summed E-state index contributed by atoms with van der Waals surface area (Å²) >= 11 is 0. The third kappa shape index (κ3) is 4.54. The zero-order valence-electron chi connectivity index (χ0n) is 16.0. The highest BCUT2D eigenvalue weighted by atomic mass is 32.2. The zero-order chi connectivity index (χ0) is 21.1. The van der Waals surface area contributed by atoms with E-state index in [-0.39, 0.29) is 42.2 Å². The summed E-state index contributed by atoms with van der Waals surface area (Å²) in [6.07, 6.45) is 1.94. The molecule has 158 valence electrons. The van der Waals surface area contributed by atoms with Gasteiger partial charge in [0.05, 0.1) is 30.4 Å². The number of benzene rings is 1. The van der Waals surface area contributed by atoms with Gasteiger partial charge in [-0.3, -0.25) is 9.48 Å². The number of sulfone groups is 1. The molecule has 3 aromatic rings. The Labute approximate surface area is 172 Å². The number of carbonyl (C=O) groups is 1. The molecule has 8 nitrogen and oxygen atoms in total. The predicted molar refractivity (Wildman–Crippen MR) is 106 cm³/mol. The van der Waals surface area contributed by atoms with Gasteiger partial charge in [-0.15, -0.1) is 0 Å². The molecule has 0 saturated carbocycles. The van der Waals surface area contributed by atoms with E-state index in [0.717, 1.165) is 0 Å². The van der Waals surface area contributed by atoms with Crippen LogP contribution >= 0.6 is 0 Å². The lowest BCUT2D eigenvalue weighted by molar-refractivity contribution is 0.0941. The van der Waals surface area contributed by atoms with Crippen molar-refractivity contribution in [1.82, 2.24) is 15.1 Å². The fourth-order valence-corrected chi connectivity index (χ4v) is 5.01. The molecule has 10 heteroatoms. The van der Waals surface area contributed by atoms with Crippen LogP contribution in [0, 0.1) is 5.82 Å². The van der Waals surface area contributed by atoms with E-state index in [1.54, 1.807) is 22.9 Å². The van der Waals surface area contributed by atoms with E-state index >= 15 is 0 Å². The maximum Gasteiger partial charge on any atom is 0.271 e. The van der Waals surface area contributed by atoms with Gasteiger partial charge in [0, 0.05) is 6.07 Å². The topological polar surface area (TPSA) is 103 Å². The fourth-order valence-electron chi connectivity index (χ4n) is 3.32. The molecule has 0 bridgehead atoms. The minimum atomic E-state index is -3.12. The second kappa shape index (κ2) is 8.31. The number of hydrogen-bond acceptors (Lipinski definition) is 6. The van der Waals surface area contributed by atoms with Crippen molar-refractivity contribution in [2.24, 2.45) is 0 Å². The first kappa shape index (κ1) is 20.1. The Balaban J connectivity index is 1.43. The van der Waals surface area contributed by atoms with E-state index in [2.05, 4.69) is 10.4 Å². The molecule has 3 heterocycles. The van der Waals surface area contributed by atoms with Gasteiger partial charge in [-0.2, -0.15) is 5.10 Å². The molecule has 1 aliphatic rings. The molecular formula is C20H20FN3O5S. The molecule has 30 heavy (non-hydrogen) atoms. The molecule has 1 unspecified atom stereocenters. The van der Waals surface area contributed by atoms with Crippen molar-refractivity contribution in [3.63, 3.8) is 0 Å². The number of halogens is 1. The average Bonchev–Trinajstić information content (AvgIpc) is 3.45. The first-order valence-corrected chi connectivity index (χ1v) is 11.2.